The maximum absolute atomic E-state index is 11.8. The van der Waals surface area contributed by atoms with Gasteiger partial charge in [-0.2, -0.15) is 10.5 Å². The summed E-state index contributed by atoms with van der Waals surface area (Å²) < 4.78 is 0. The average molecular weight is 254 g/mol. The monoisotopic (exact) mass is 254 g/mol. The van der Waals surface area contributed by atoms with E-state index in [2.05, 4.69) is 10.6 Å². The van der Waals surface area contributed by atoms with E-state index in [0.717, 1.165) is 0 Å². The molecule has 5 heteroatoms. The van der Waals surface area contributed by atoms with E-state index in [1.807, 2.05) is 13.8 Å². The molecule has 0 saturated heterocycles. The van der Waals surface area contributed by atoms with Crippen molar-refractivity contribution in [2.75, 3.05) is 5.32 Å². The van der Waals surface area contributed by atoms with Gasteiger partial charge in [0.1, 0.15) is 17.7 Å². The third-order valence-corrected chi connectivity index (χ3v) is 2.17. The van der Waals surface area contributed by atoms with Gasteiger partial charge in [-0.1, -0.05) is 6.07 Å². The lowest BCUT2D eigenvalue weighted by molar-refractivity contribution is 0.0943. The fraction of sp³-hybridized carbons (Fsp3) is 0.214. The molecule has 0 aromatic heterocycles. The molecule has 0 saturated carbocycles. The van der Waals surface area contributed by atoms with Gasteiger partial charge in [-0.05, 0) is 32.0 Å². The fourth-order valence-corrected chi connectivity index (χ4v) is 1.34. The Labute approximate surface area is 112 Å². The molecule has 1 aromatic rings. The van der Waals surface area contributed by atoms with Crippen molar-refractivity contribution >= 4 is 11.6 Å². The summed E-state index contributed by atoms with van der Waals surface area (Å²) in [5.74, 6) is -0.164. The number of allylic oxidation sites excluding steroid dienone is 1. The summed E-state index contributed by atoms with van der Waals surface area (Å²) >= 11 is 0. The molecule has 0 aliphatic carbocycles. The minimum absolute atomic E-state index is 0.0305. The summed E-state index contributed by atoms with van der Waals surface area (Å²) in [6.45, 7) is 3.77. The second-order valence-corrected chi connectivity index (χ2v) is 4.13. The van der Waals surface area contributed by atoms with Crippen LogP contribution in [0, 0.1) is 22.7 Å². The van der Waals surface area contributed by atoms with Gasteiger partial charge in [-0.25, -0.2) is 0 Å². The molecule has 1 aromatic carbocycles. The normalized spacial score (nSPS) is 9.11. The maximum atomic E-state index is 11.8. The first kappa shape index (κ1) is 14.3. The molecule has 0 radical (unpaired) electrons. The van der Waals surface area contributed by atoms with E-state index in [1.54, 1.807) is 36.4 Å². The highest BCUT2D eigenvalue weighted by molar-refractivity contribution is 5.95. The zero-order valence-electron chi connectivity index (χ0n) is 10.8. The number of hydrogen-bond donors (Lipinski definition) is 2. The van der Waals surface area contributed by atoms with Gasteiger partial charge in [-0.3, -0.25) is 4.79 Å². The Morgan fingerprint density at radius 2 is 2.00 bits per heavy atom. The highest BCUT2D eigenvalue weighted by atomic mass is 16.1. The molecule has 0 aliphatic rings. The standard InChI is InChI=1S/C14H14N4O/c1-10(2)18-14(19)12-4-3-5-13(6-12)17-9-11(7-15)8-16/h3-6,9-10,17H,1-2H3,(H,18,19). The minimum Gasteiger partial charge on any atom is -0.360 e. The smallest absolute Gasteiger partial charge is 0.251 e. The molecule has 0 atom stereocenters. The lowest BCUT2D eigenvalue weighted by atomic mass is 10.2. The maximum Gasteiger partial charge on any atom is 0.251 e. The van der Waals surface area contributed by atoms with Gasteiger partial charge >= 0.3 is 0 Å². The Morgan fingerprint density at radius 1 is 1.32 bits per heavy atom. The van der Waals surface area contributed by atoms with E-state index in [1.165, 1.54) is 6.20 Å². The molecule has 1 amide bonds. The molecule has 1 rings (SSSR count). The van der Waals surface area contributed by atoms with Crippen molar-refractivity contribution in [2.24, 2.45) is 0 Å². The van der Waals surface area contributed by atoms with Crippen molar-refractivity contribution in [3.63, 3.8) is 0 Å². The molecule has 0 unspecified atom stereocenters. The van der Waals surface area contributed by atoms with Gasteiger partial charge in [0, 0.05) is 23.5 Å². The molecule has 0 aliphatic heterocycles. The predicted octanol–water partition coefficient (Wildman–Crippen LogP) is 2.17. The molecule has 0 fully saturated rings. The van der Waals surface area contributed by atoms with Crippen LogP contribution in [-0.4, -0.2) is 11.9 Å². The molecule has 0 heterocycles. The number of anilines is 1. The summed E-state index contributed by atoms with van der Waals surface area (Å²) in [7, 11) is 0. The zero-order chi connectivity index (χ0) is 14.3. The van der Waals surface area contributed by atoms with Crippen LogP contribution < -0.4 is 10.6 Å². The number of amides is 1. The van der Waals surface area contributed by atoms with E-state index < -0.39 is 0 Å². The minimum atomic E-state index is -0.164. The molecular formula is C14H14N4O. The topological polar surface area (TPSA) is 88.7 Å². The lowest BCUT2D eigenvalue weighted by Gasteiger charge is -2.09. The second kappa shape index (κ2) is 6.83. The molecule has 19 heavy (non-hydrogen) atoms. The van der Waals surface area contributed by atoms with E-state index in [4.69, 9.17) is 10.5 Å². The first-order valence-corrected chi connectivity index (χ1v) is 5.74. The quantitative estimate of drug-likeness (QED) is 0.806. The Hall–Kier alpha value is -2.79. The number of carbonyl (C=O) groups is 1. The van der Waals surface area contributed by atoms with Gasteiger partial charge < -0.3 is 10.6 Å². The van der Waals surface area contributed by atoms with Crippen LogP contribution in [0.25, 0.3) is 0 Å². The molecule has 2 N–H and O–H groups in total. The summed E-state index contributed by atoms with van der Waals surface area (Å²) in [4.78, 5) is 11.8. The number of carbonyl (C=O) groups excluding carboxylic acids is 1. The van der Waals surface area contributed by atoms with Crippen LogP contribution in [0.2, 0.25) is 0 Å². The van der Waals surface area contributed by atoms with Crippen molar-refractivity contribution in [2.45, 2.75) is 19.9 Å². The van der Waals surface area contributed by atoms with Gasteiger partial charge in [0.15, 0.2) is 0 Å². The number of benzene rings is 1. The van der Waals surface area contributed by atoms with Gasteiger partial charge in [0.2, 0.25) is 0 Å². The number of nitriles is 2. The number of rotatable bonds is 4. The summed E-state index contributed by atoms with van der Waals surface area (Å²) in [5.41, 5.74) is 1.12. The van der Waals surface area contributed by atoms with E-state index in [9.17, 15) is 4.79 Å². The van der Waals surface area contributed by atoms with Crippen LogP contribution in [0.4, 0.5) is 5.69 Å². The van der Waals surface area contributed by atoms with Gasteiger partial charge in [-0.15, -0.1) is 0 Å². The van der Waals surface area contributed by atoms with Crippen LogP contribution in [0.5, 0.6) is 0 Å². The number of nitrogens with one attached hydrogen (secondary N) is 2. The van der Waals surface area contributed by atoms with Crippen molar-refractivity contribution in [3.8, 4) is 12.1 Å². The Bertz CT molecular complexity index is 560. The zero-order valence-corrected chi connectivity index (χ0v) is 10.8. The highest BCUT2D eigenvalue weighted by Crippen LogP contribution is 2.11. The number of hydrogen-bond acceptors (Lipinski definition) is 4. The van der Waals surface area contributed by atoms with E-state index in [-0.39, 0.29) is 17.5 Å². The highest BCUT2D eigenvalue weighted by Gasteiger charge is 2.06. The average Bonchev–Trinajstić information content (AvgIpc) is 2.39. The Kier molecular flexibility index (Phi) is 5.13. The molecule has 96 valence electrons. The van der Waals surface area contributed by atoms with Crippen molar-refractivity contribution in [1.82, 2.24) is 5.32 Å². The molecule has 0 spiro atoms. The van der Waals surface area contributed by atoms with Crippen molar-refractivity contribution in [3.05, 3.63) is 41.6 Å². The van der Waals surface area contributed by atoms with Crippen molar-refractivity contribution < 1.29 is 4.79 Å². The molecule has 0 bridgehead atoms. The largest absolute Gasteiger partial charge is 0.360 e. The third kappa shape index (κ3) is 4.53. The number of nitrogens with zero attached hydrogens (tertiary/aromatic N) is 2. The lowest BCUT2D eigenvalue weighted by Crippen LogP contribution is -2.30. The second-order valence-electron chi connectivity index (χ2n) is 4.13. The van der Waals surface area contributed by atoms with E-state index in [0.29, 0.717) is 11.3 Å². The van der Waals surface area contributed by atoms with E-state index >= 15 is 0 Å². The van der Waals surface area contributed by atoms with Crippen LogP contribution in [-0.2, 0) is 0 Å². The summed E-state index contributed by atoms with van der Waals surface area (Å²) in [5, 5.41) is 22.8. The molecular weight excluding hydrogens is 240 g/mol. The van der Waals surface area contributed by atoms with Gasteiger partial charge in [0.05, 0.1) is 0 Å². The summed E-state index contributed by atoms with van der Waals surface area (Å²) in [6.07, 6.45) is 1.31. The SMILES string of the molecule is CC(C)NC(=O)c1cccc(NC=C(C#N)C#N)c1. The van der Waals surface area contributed by atoms with Gasteiger partial charge in [0.25, 0.3) is 5.91 Å². The first-order valence-electron chi connectivity index (χ1n) is 5.74. The van der Waals surface area contributed by atoms with Crippen LogP contribution in [0.3, 0.4) is 0 Å². The first-order chi connectivity index (χ1) is 9.06. The Morgan fingerprint density at radius 3 is 2.58 bits per heavy atom. The fourth-order valence-electron chi connectivity index (χ4n) is 1.34. The van der Waals surface area contributed by atoms with Crippen molar-refractivity contribution in [1.29, 1.82) is 10.5 Å². The van der Waals surface area contributed by atoms with Crippen LogP contribution in [0.15, 0.2) is 36.0 Å². The Balaban J connectivity index is 2.84. The predicted molar refractivity (Wildman–Crippen MR) is 72.0 cm³/mol. The van der Waals surface area contributed by atoms with Crippen LogP contribution in [0.1, 0.15) is 24.2 Å². The summed E-state index contributed by atoms with van der Waals surface area (Å²) in [6, 6.07) is 10.4. The van der Waals surface area contributed by atoms with Crippen LogP contribution >= 0.6 is 0 Å². The molecule has 5 nitrogen and oxygen atoms in total. The third-order valence-electron chi connectivity index (χ3n) is 2.17.